The van der Waals surface area contributed by atoms with Crippen LogP contribution in [0.25, 0.3) is 0 Å². The van der Waals surface area contributed by atoms with Crippen LogP contribution in [0.1, 0.15) is 36.2 Å². The van der Waals surface area contributed by atoms with Crippen molar-refractivity contribution in [2.75, 3.05) is 6.61 Å². The molecule has 2 N–H and O–H groups in total. The second-order valence-corrected chi connectivity index (χ2v) is 4.73. The summed E-state index contributed by atoms with van der Waals surface area (Å²) in [6.45, 7) is 0.146. The van der Waals surface area contributed by atoms with Crippen molar-refractivity contribution in [3.63, 3.8) is 0 Å². The molecule has 0 aliphatic heterocycles. The van der Waals surface area contributed by atoms with E-state index in [-0.39, 0.29) is 24.5 Å². The topological polar surface area (TPSA) is 67.2 Å². The van der Waals surface area contributed by atoms with Gasteiger partial charge in [0, 0.05) is 31.8 Å². The van der Waals surface area contributed by atoms with Crippen molar-refractivity contribution in [2.24, 2.45) is 13.0 Å². The van der Waals surface area contributed by atoms with Gasteiger partial charge in [-0.05, 0) is 12.8 Å². The van der Waals surface area contributed by atoms with Gasteiger partial charge in [-0.25, -0.2) is 4.98 Å². The Morgan fingerprint density at radius 3 is 3.00 bits per heavy atom. The Balaban J connectivity index is 1.97. The number of imidazole rings is 1. The van der Waals surface area contributed by atoms with Gasteiger partial charge >= 0.3 is 0 Å². The van der Waals surface area contributed by atoms with Crippen LogP contribution < -0.4 is 5.32 Å². The van der Waals surface area contributed by atoms with Gasteiger partial charge in [-0.3, -0.25) is 4.79 Å². The molecular weight excluding hydrogens is 218 g/mol. The molecule has 1 saturated carbocycles. The molecular formula is C12H19N3O2. The zero-order valence-corrected chi connectivity index (χ0v) is 10.1. The molecule has 2 atom stereocenters. The summed E-state index contributed by atoms with van der Waals surface area (Å²) in [6.07, 6.45) is 7.50. The minimum Gasteiger partial charge on any atom is -0.396 e. The normalized spacial score (nSPS) is 24.6. The van der Waals surface area contributed by atoms with Crippen molar-refractivity contribution in [1.29, 1.82) is 0 Å². The molecule has 1 aromatic rings. The molecule has 1 aliphatic rings. The third kappa shape index (κ3) is 2.85. The molecule has 0 radical (unpaired) electrons. The quantitative estimate of drug-likeness (QED) is 0.813. The lowest BCUT2D eigenvalue weighted by Gasteiger charge is -2.30. The number of aromatic nitrogens is 2. The summed E-state index contributed by atoms with van der Waals surface area (Å²) < 4.78 is 1.75. The van der Waals surface area contributed by atoms with Crippen LogP contribution in [0, 0.1) is 5.92 Å². The molecule has 1 amide bonds. The van der Waals surface area contributed by atoms with Crippen molar-refractivity contribution < 1.29 is 9.90 Å². The lowest BCUT2D eigenvalue weighted by molar-refractivity contribution is 0.0868. The first-order valence-electron chi connectivity index (χ1n) is 6.10. The first-order valence-corrected chi connectivity index (χ1v) is 6.10. The third-order valence-electron chi connectivity index (χ3n) is 3.40. The lowest BCUT2D eigenvalue weighted by Crippen LogP contribution is -2.43. The zero-order chi connectivity index (χ0) is 12.3. The van der Waals surface area contributed by atoms with Gasteiger partial charge in [-0.1, -0.05) is 12.8 Å². The minimum absolute atomic E-state index is 0.0863. The second kappa shape index (κ2) is 5.31. The van der Waals surface area contributed by atoms with Gasteiger partial charge in [0.1, 0.15) is 5.69 Å². The van der Waals surface area contributed by atoms with E-state index in [0.29, 0.717) is 5.69 Å². The van der Waals surface area contributed by atoms with E-state index in [1.807, 2.05) is 7.05 Å². The van der Waals surface area contributed by atoms with Gasteiger partial charge in [0.05, 0.1) is 6.33 Å². The van der Waals surface area contributed by atoms with E-state index in [2.05, 4.69) is 10.3 Å². The van der Waals surface area contributed by atoms with Gasteiger partial charge in [0.15, 0.2) is 0 Å². The molecule has 17 heavy (non-hydrogen) atoms. The number of aliphatic hydroxyl groups is 1. The summed E-state index contributed by atoms with van der Waals surface area (Å²) in [5.41, 5.74) is 0.440. The highest BCUT2D eigenvalue weighted by atomic mass is 16.3. The average Bonchev–Trinajstić information content (AvgIpc) is 2.77. The van der Waals surface area contributed by atoms with Gasteiger partial charge < -0.3 is 15.0 Å². The molecule has 0 bridgehead atoms. The van der Waals surface area contributed by atoms with Crippen molar-refractivity contribution in [1.82, 2.24) is 14.9 Å². The molecule has 0 saturated heterocycles. The van der Waals surface area contributed by atoms with Crippen LogP contribution in [-0.2, 0) is 7.05 Å². The van der Waals surface area contributed by atoms with Crippen LogP contribution in [0.15, 0.2) is 12.5 Å². The molecule has 2 unspecified atom stereocenters. The van der Waals surface area contributed by atoms with Crippen LogP contribution in [0.4, 0.5) is 0 Å². The molecule has 5 heteroatoms. The highest BCUT2D eigenvalue weighted by Crippen LogP contribution is 2.24. The van der Waals surface area contributed by atoms with E-state index in [9.17, 15) is 9.90 Å². The largest absolute Gasteiger partial charge is 0.396 e. The molecule has 1 fully saturated rings. The van der Waals surface area contributed by atoms with E-state index >= 15 is 0 Å². The van der Waals surface area contributed by atoms with E-state index < -0.39 is 0 Å². The van der Waals surface area contributed by atoms with E-state index in [0.717, 1.165) is 25.7 Å². The monoisotopic (exact) mass is 237 g/mol. The zero-order valence-electron chi connectivity index (χ0n) is 10.1. The number of carbonyl (C=O) groups excluding carboxylic acids is 1. The summed E-state index contributed by atoms with van der Waals surface area (Å²) >= 11 is 0. The maximum atomic E-state index is 11.9. The highest BCUT2D eigenvalue weighted by molar-refractivity contribution is 5.92. The SMILES string of the molecule is Cn1cnc(C(=O)NC2CCCCC2CO)c1. The molecule has 94 valence electrons. The summed E-state index contributed by atoms with van der Waals surface area (Å²) in [6, 6.07) is 0.0863. The van der Waals surface area contributed by atoms with Crippen LogP contribution in [0.3, 0.4) is 0 Å². The van der Waals surface area contributed by atoms with Crippen molar-refractivity contribution in [2.45, 2.75) is 31.7 Å². The summed E-state index contributed by atoms with van der Waals surface area (Å²) in [7, 11) is 1.83. The predicted octanol–water partition coefficient (Wildman–Crippen LogP) is 0.701. The molecule has 1 aliphatic carbocycles. The lowest BCUT2D eigenvalue weighted by atomic mass is 9.85. The standard InChI is InChI=1S/C12H19N3O2/c1-15-6-11(13-8-15)12(17)14-10-5-3-2-4-9(10)7-16/h6,8-10,16H,2-5,7H2,1H3,(H,14,17). The number of hydrogen-bond acceptors (Lipinski definition) is 3. The Morgan fingerprint density at radius 2 is 2.35 bits per heavy atom. The van der Waals surface area contributed by atoms with E-state index in [4.69, 9.17) is 0 Å². The molecule has 0 aromatic carbocycles. The molecule has 2 rings (SSSR count). The van der Waals surface area contributed by atoms with E-state index in [1.165, 1.54) is 0 Å². The molecule has 1 aromatic heterocycles. The summed E-state index contributed by atoms with van der Waals surface area (Å²) in [5.74, 6) is 0.0485. The van der Waals surface area contributed by atoms with Crippen LogP contribution >= 0.6 is 0 Å². The van der Waals surface area contributed by atoms with Crippen molar-refractivity contribution in [3.8, 4) is 0 Å². The molecule has 0 spiro atoms. The first kappa shape index (κ1) is 12.1. The Morgan fingerprint density at radius 1 is 1.59 bits per heavy atom. The Hall–Kier alpha value is -1.36. The second-order valence-electron chi connectivity index (χ2n) is 4.73. The maximum Gasteiger partial charge on any atom is 0.271 e. The van der Waals surface area contributed by atoms with Gasteiger partial charge in [-0.15, -0.1) is 0 Å². The third-order valence-corrected chi connectivity index (χ3v) is 3.40. The number of carbonyl (C=O) groups is 1. The highest BCUT2D eigenvalue weighted by Gasteiger charge is 2.26. The number of hydrogen-bond donors (Lipinski definition) is 2. The fourth-order valence-electron chi connectivity index (χ4n) is 2.39. The maximum absolute atomic E-state index is 11.9. The Bertz CT molecular complexity index is 389. The number of amides is 1. The smallest absolute Gasteiger partial charge is 0.271 e. The van der Waals surface area contributed by atoms with Gasteiger partial charge in [0.2, 0.25) is 0 Å². The average molecular weight is 237 g/mol. The van der Waals surface area contributed by atoms with Crippen molar-refractivity contribution in [3.05, 3.63) is 18.2 Å². The Labute approximate surface area is 101 Å². The van der Waals surface area contributed by atoms with Gasteiger partial charge in [0.25, 0.3) is 5.91 Å². The summed E-state index contributed by atoms with van der Waals surface area (Å²) in [4.78, 5) is 15.9. The number of nitrogens with zero attached hydrogens (tertiary/aromatic N) is 2. The van der Waals surface area contributed by atoms with Crippen LogP contribution in [0.5, 0.6) is 0 Å². The molecule has 1 heterocycles. The number of rotatable bonds is 3. The van der Waals surface area contributed by atoms with E-state index in [1.54, 1.807) is 17.1 Å². The number of aryl methyl sites for hydroxylation is 1. The first-order chi connectivity index (χ1) is 8.20. The number of nitrogens with one attached hydrogen (secondary N) is 1. The molecule has 5 nitrogen and oxygen atoms in total. The van der Waals surface area contributed by atoms with Crippen LogP contribution in [-0.4, -0.2) is 33.2 Å². The Kier molecular flexibility index (Phi) is 3.78. The van der Waals surface area contributed by atoms with Crippen LogP contribution in [0.2, 0.25) is 0 Å². The predicted molar refractivity (Wildman–Crippen MR) is 63.5 cm³/mol. The van der Waals surface area contributed by atoms with Crippen molar-refractivity contribution >= 4 is 5.91 Å². The summed E-state index contributed by atoms with van der Waals surface area (Å²) in [5, 5.41) is 12.3. The number of aliphatic hydroxyl groups excluding tert-OH is 1. The minimum atomic E-state index is -0.143. The van der Waals surface area contributed by atoms with Gasteiger partial charge in [-0.2, -0.15) is 0 Å². The fourth-order valence-corrected chi connectivity index (χ4v) is 2.39. The fraction of sp³-hybridized carbons (Fsp3) is 0.667.